The highest BCUT2D eigenvalue weighted by molar-refractivity contribution is 9.10. The van der Waals surface area contributed by atoms with Crippen LogP contribution < -0.4 is 10.6 Å². The number of anilines is 1. The van der Waals surface area contributed by atoms with Gasteiger partial charge in [0.25, 0.3) is 0 Å². The minimum atomic E-state index is -0.0977. The van der Waals surface area contributed by atoms with Crippen LogP contribution >= 0.6 is 28.3 Å². The van der Waals surface area contributed by atoms with Crippen LogP contribution in [0.15, 0.2) is 17.0 Å². The lowest BCUT2D eigenvalue weighted by molar-refractivity contribution is -0.118. The largest absolute Gasteiger partial charge is 0.308 e. The first-order valence-electron chi connectivity index (χ1n) is 5.61. The van der Waals surface area contributed by atoms with Gasteiger partial charge in [0.05, 0.1) is 18.4 Å². The van der Waals surface area contributed by atoms with Gasteiger partial charge in [-0.3, -0.25) is 9.78 Å². The van der Waals surface area contributed by atoms with E-state index in [2.05, 4.69) is 43.5 Å². The van der Waals surface area contributed by atoms with E-state index in [4.69, 9.17) is 0 Å². The highest BCUT2D eigenvalue weighted by atomic mass is 79.9. The molecule has 1 saturated heterocycles. The van der Waals surface area contributed by atoms with E-state index in [1.54, 1.807) is 12.4 Å². The summed E-state index contributed by atoms with van der Waals surface area (Å²) in [6, 6.07) is 0.423. The monoisotopic (exact) mass is 332 g/mol. The van der Waals surface area contributed by atoms with E-state index in [9.17, 15) is 4.79 Å². The van der Waals surface area contributed by atoms with Crippen molar-refractivity contribution >= 4 is 40.1 Å². The summed E-state index contributed by atoms with van der Waals surface area (Å²) in [6.07, 6.45) is 5.22. The van der Waals surface area contributed by atoms with Crippen molar-refractivity contribution in [1.29, 1.82) is 0 Å². The second kappa shape index (κ2) is 4.75. The summed E-state index contributed by atoms with van der Waals surface area (Å²) in [7, 11) is 0. The molecule has 1 aromatic rings. The molecule has 2 aliphatic rings. The average Bonchev–Trinajstić information content (AvgIpc) is 2.77. The fourth-order valence-corrected chi connectivity index (χ4v) is 2.75. The number of nitrogens with one attached hydrogen (secondary N) is 2. The van der Waals surface area contributed by atoms with Crippen LogP contribution in [0.2, 0.25) is 0 Å². The third kappa shape index (κ3) is 2.50. The quantitative estimate of drug-likeness (QED) is 0.865. The zero-order valence-electron chi connectivity index (χ0n) is 9.81. The third-order valence-electron chi connectivity index (χ3n) is 3.60. The molecule has 0 spiro atoms. The molecular weight excluding hydrogens is 320 g/mol. The van der Waals surface area contributed by atoms with Gasteiger partial charge in [-0.2, -0.15) is 0 Å². The predicted molar refractivity (Wildman–Crippen MR) is 73.7 cm³/mol. The number of nitrogens with zero attached hydrogens (tertiary/aromatic N) is 2. The molecule has 1 saturated carbocycles. The standard InChI is InChI=1S/C11H13BrN4O.ClH/c1-11-2-6(14-7(11)3-11)10(17)16-9-5-13-4-8(12)15-9;/h4-7,14H,2-3H2,1H3,(H,15,16,17);1H/t6-,7+,11-;/m0./s1. The number of piperidine rings is 1. The Balaban J connectivity index is 0.00000120. The SMILES string of the molecule is C[C@@]12C[C@@H](C(=O)Nc3cncc(Br)n3)N[C@@H]1C2.Cl. The Morgan fingerprint density at radius 1 is 1.56 bits per heavy atom. The van der Waals surface area contributed by atoms with Crippen LogP contribution in [0, 0.1) is 5.41 Å². The first-order valence-corrected chi connectivity index (χ1v) is 6.41. The fraction of sp³-hybridized carbons (Fsp3) is 0.545. The predicted octanol–water partition coefficient (Wildman–Crippen LogP) is 1.74. The Morgan fingerprint density at radius 3 is 2.94 bits per heavy atom. The van der Waals surface area contributed by atoms with Crippen molar-refractivity contribution < 1.29 is 4.79 Å². The summed E-state index contributed by atoms with van der Waals surface area (Å²) >= 11 is 3.22. The number of rotatable bonds is 2. The van der Waals surface area contributed by atoms with Crippen LogP contribution in [0.4, 0.5) is 5.82 Å². The Morgan fingerprint density at radius 2 is 2.33 bits per heavy atom. The molecule has 0 radical (unpaired) electrons. The fourth-order valence-electron chi connectivity index (χ4n) is 2.45. The van der Waals surface area contributed by atoms with Gasteiger partial charge in [-0.1, -0.05) is 6.92 Å². The van der Waals surface area contributed by atoms with Gasteiger partial charge in [0.15, 0.2) is 5.82 Å². The van der Waals surface area contributed by atoms with Gasteiger partial charge in [0.2, 0.25) is 5.91 Å². The molecular formula is C11H14BrClN4O. The van der Waals surface area contributed by atoms with E-state index in [0.29, 0.717) is 21.9 Å². The molecule has 1 aliphatic carbocycles. The second-order valence-corrected chi connectivity index (χ2v) is 5.86. The molecule has 1 aliphatic heterocycles. The summed E-state index contributed by atoms with van der Waals surface area (Å²) in [5.74, 6) is 0.461. The zero-order valence-corrected chi connectivity index (χ0v) is 12.2. The minimum absolute atomic E-state index is 0. The van der Waals surface area contributed by atoms with Crippen molar-refractivity contribution in [3.63, 3.8) is 0 Å². The number of aromatic nitrogens is 2. The number of amides is 1. The second-order valence-electron chi connectivity index (χ2n) is 5.05. The number of halogens is 2. The van der Waals surface area contributed by atoms with Crippen molar-refractivity contribution in [2.45, 2.75) is 31.8 Å². The smallest absolute Gasteiger partial charge is 0.242 e. The first-order chi connectivity index (χ1) is 8.07. The van der Waals surface area contributed by atoms with Gasteiger partial charge in [-0.25, -0.2) is 4.98 Å². The molecule has 1 amide bonds. The minimum Gasteiger partial charge on any atom is -0.308 e. The van der Waals surface area contributed by atoms with Gasteiger partial charge in [0, 0.05) is 6.04 Å². The molecule has 0 unspecified atom stereocenters. The molecule has 98 valence electrons. The van der Waals surface area contributed by atoms with Crippen LogP contribution in [-0.4, -0.2) is 28.0 Å². The van der Waals surface area contributed by atoms with Gasteiger partial charge < -0.3 is 10.6 Å². The molecule has 3 rings (SSSR count). The van der Waals surface area contributed by atoms with Gasteiger partial charge in [-0.15, -0.1) is 12.4 Å². The number of hydrogen-bond donors (Lipinski definition) is 2. The molecule has 5 nitrogen and oxygen atoms in total. The lowest BCUT2D eigenvalue weighted by Crippen LogP contribution is -2.38. The van der Waals surface area contributed by atoms with Crippen LogP contribution in [0.3, 0.4) is 0 Å². The maximum Gasteiger partial charge on any atom is 0.242 e. The van der Waals surface area contributed by atoms with Crippen molar-refractivity contribution in [3.05, 3.63) is 17.0 Å². The van der Waals surface area contributed by atoms with Crippen LogP contribution in [0.1, 0.15) is 19.8 Å². The van der Waals surface area contributed by atoms with Crippen molar-refractivity contribution in [1.82, 2.24) is 15.3 Å². The summed E-state index contributed by atoms with van der Waals surface area (Å²) in [5.41, 5.74) is 0.338. The van der Waals surface area contributed by atoms with E-state index in [0.717, 1.165) is 6.42 Å². The summed E-state index contributed by atoms with van der Waals surface area (Å²) in [6.45, 7) is 2.22. The number of fused-ring (bicyclic) bond motifs is 1. The zero-order chi connectivity index (χ0) is 12.0. The molecule has 0 bridgehead atoms. The topological polar surface area (TPSA) is 66.9 Å². The molecule has 3 atom stereocenters. The Hall–Kier alpha value is -0.720. The Bertz CT molecular complexity index is 486. The molecule has 18 heavy (non-hydrogen) atoms. The lowest BCUT2D eigenvalue weighted by atomic mass is 10.0. The number of carbonyl (C=O) groups excluding carboxylic acids is 1. The summed E-state index contributed by atoms with van der Waals surface area (Å²) in [4.78, 5) is 20.1. The number of hydrogen-bond acceptors (Lipinski definition) is 4. The maximum absolute atomic E-state index is 12.0. The van der Waals surface area contributed by atoms with E-state index >= 15 is 0 Å². The van der Waals surface area contributed by atoms with E-state index < -0.39 is 0 Å². The highest BCUT2D eigenvalue weighted by Gasteiger charge is 2.58. The molecule has 0 aromatic carbocycles. The van der Waals surface area contributed by atoms with Gasteiger partial charge >= 0.3 is 0 Å². The summed E-state index contributed by atoms with van der Waals surface area (Å²) in [5, 5.41) is 6.11. The van der Waals surface area contributed by atoms with Crippen LogP contribution in [-0.2, 0) is 4.79 Å². The van der Waals surface area contributed by atoms with Crippen molar-refractivity contribution in [2.24, 2.45) is 5.41 Å². The molecule has 2 heterocycles. The van der Waals surface area contributed by atoms with Crippen LogP contribution in [0.25, 0.3) is 0 Å². The molecule has 2 N–H and O–H groups in total. The molecule has 7 heteroatoms. The number of carbonyl (C=O) groups is 1. The van der Waals surface area contributed by atoms with Crippen LogP contribution in [0.5, 0.6) is 0 Å². The molecule has 2 fully saturated rings. The van der Waals surface area contributed by atoms with Gasteiger partial charge in [-0.05, 0) is 34.2 Å². The van der Waals surface area contributed by atoms with Crippen molar-refractivity contribution in [3.8, 4) is 0 Å². The third-order valence-corrected chi connectivity index (χ3v) is 3.98. The Kier molecular flexibility index (Phi) is 3.62. The molecule has 1 aromatic heterocycles. The normalized spacial score (nSPS) is 32.3. The van der Waals surface area contributed by atoms with Crippen molar-refractivity contribution in [2.75, 3.05) is 5.32 Å². The maximum atomic E-state index is 12.0. The van der Waals surface area contributed by atoms with E-state index in [1.807, 2.05) is 0 Å². The van der Waals surface area contributed by atoms with E-state index in [1.165, 1.54) is 6.42 Å². The van der Waals surface area contributed by atoms with Gasteiger partial charge in [0.1, 0.15) is 4.60 Å². The first kappa shape index (κ1) is 13.7. The highest BCUT2D eigenvalue weighted by Crippen LogP contribution is 2.53. The Labute approximate surface area is 120 Å². The average molecular weight is 334 g/mol. The lowest BCUT2D eigenvalue weighted by Gasteiger charge is -2.13. The van der Waals surface area contributed by atoms with E-state index in [-0.39, 0.29) is 24.4 Å². The summed E-state index contributed by atoms with van der Waals surface area (Å²) < 4.78 is 0.615.